The lowest BCUT2D eigenvalue weighted by Gasteiger charge is -2.34. The van der Waals surface area contributed by atoms with Gasteiger partial charge in [-0.2, -0.15) is 39.5 Å². The number of carbonyl (C=O) groups is 1. The maximum Gasteiger partial charge on any atom is 0.501 e. The molecule has 2 aromatic carbocycles. The number of fused-ring (bicyclic) bond motifs is 1. The highest BCUT2D eigenvalue weighted by atomic mass is 35.5. The van der Waals surface area contributed by atoms with Gasteiger partial charge < -0.3 is 10.3 Å². The van der Waals surface area contributed by atoms with E-state index < -0.39 is 83.2 Å². The molecule has 0 atom stereocenters. The largest absolute Gasteiger partial charge is 0.751 e. The summed E-state index contributed by atoms with van der Waals surface area (Å²) in [6.45, 7) is 0. The Kier molecular flexibility index (Phi) is 7.14. The molecule has 0 aliphatic rings. The van der Waals surface area contributed by atoms with Crippen molar-refractivity contribution in [2.24, 2.45) is 0 Å². The topological polar surface area (TPSA) is 90.4 Å². The molecule has 0 spiro atoms. The van der Waals surface area contributed by atoms with Gasteiger partial charge >= 0.3 is 23.5 Å². The second-order valence-electron chi connectivity index (χ2n) is 7.42. The van der Waals surface area contributed by atoms with Crippen LogP contribution in [0.15, 0.2) is 53.6 Å². The summed E-state index contributed by atoms with van der Waals surface area (Å²) in [6.07, 6.45) is -12.5. The molecule has 0 saturated heterocycles. The van der Waals surface area contributed by atoms with E-state index in [9.17, 15) is 62.3 Å². The smallest absolute Gasteiger partial charge is 0.501 e. The second kappa shape index (κ2) is 9.23. The third-order valence-electron chi connectivity index (χ3n) is 5.04. The maximum absolute atomic E-state index is 14.5. The lowest BCUT2D eigenvalue weighted by atomic mass is 9.94. The van der Waals surface area contributed by atoms with Gasteiger partial charge in [-0.05, 0) is 30.3 Å². The predicted molar refractivity (Wildman–Crippen MR) is 112 cm³/mol. The van der Waals surface area contributed by atoms with Crippen molar-refractivity contribution in [2.75, 3.05) is 5.06 Å². The number of halogens is 11. The van der Waals surface area contributed by atoms with Crippen LogP contribution in [-0.4, -0.2) is 37.2 Å². The molecule has 0 aliphatic heterocycles. The van der Waals surface area contributed by atoms with Gasteiger partial charge in [-0.3, -0.25) is 9.78 Å². The molecule has 3 aromatic rings. The first-order valence-electron chi connectivity index (χ1n) is 9.48. The van der Waals surface area contributed by atoms with E-state index in [4.69, 9.17) is 11.6 Å². The summed E-state index contributed by atoms with van der Waals surface area (Å²) >= 11 is 5.48. The zero-order valence-electron chi connectivity index (χ0n) is 17.7. The minimum absolute atomic E-state index is 0.0638. The van der Waals surface area contributed by atoms with Crippen molar-refractivity contribution >= 4 is 43.9 Å². The first-order valence-corrected chi connectivity index (χ1v) is 11.3. The highest BCUT2D eigenvalue weighted by Gasteiger charge is 2.74. The van der Waals surface area contributed by atoms with Crippen LogP contribution in [0, 0.1) is 5.21 Å². The van der Waals surface area contributed by atoms with E-state index in [0.29, 0.717) is 5.39 Å². The van der Waals surface area contributed by atoms with E-state index in [2.05, 4.69) is 4.98 Å². The average Bonchev–Trinajstić information content (AvgIpc) is 2.79. The first kappa shape index (κ1) is 29.4. The molecule has 0 fully saturated rings. The molecule has 1 aromatic heterocycles. The van der Waals surface area contributed by atoms with Crippen LogP contribution in [0.5, 0.6) is 0 Å². The number of aromatic nitrogens is 1. The minimum atomic E-state index is -6.99. The van der Waals surface area contributed by atoms with Gasteiger partial charge in [0.15, 0.2) is 0 Å². The fourth-order valence-electron chi connectivity index (χ4n) is 3.21. The molecule has 0 radical (unpaired) electrons. The number of hydroxylamine groups is 1. The number of rotatable bonds is 4. The zero-order valence-corrected chi connectivity index (χ0v) is 19.3. The molecule has 0 saturated carbocycles. The van der Waals surface area contributed by atoms with Crippen LogP contribution in [-0.2, 0) is 15.5 Å². The SMILES string of the molecule is O=C(c1ccc2cccnc2c1)N([O-])c1c(Cl)cc(C(F)(C(F)(F)F)C(F)(F)F)cc1S(=O)(=O)C(F)(F)F. The van der Waals surface area contributed by atoms with Crippen molar-refractivity contribution in [1.82, 2.24) is 4.98 Å². The molecule has 1 heterocycles. The van der Waals surface area contributed by atoms with E-state index in [1.54, 1.807) is 0 Å². The van der Waals surface area contributed by atoms with Crippen LogP contribution in [0.3, 0.4) is 0 Å². The quantitative estimate of drug-likeness (QED) is 0.249. The zero-order chi connectivity index (χ0) is 29.1. The number of benzene rings is 2. The number of nitrogens with zero attached hydrogens (tertiary/aromatic N) is 2. The number of hydrogen-bond donors (Lipinski definition) is 0. The number of amides is 1. The molecular formula is C20H8ClF10N2O4S-. The summed E-state index contributed by atoms with van der Waals surface area (Å²) in [5, 5.41) is 10.2. The van der Waals surface area contributed by atoms with Gasteiger partial charge in [0.1, 0.15) is 4.90 Å². The standard InChI is InChI=1S/C20H8ClF10N2O4S/c21-12-7-11(17(22,18(23,24)25)19(26,27)28)8-14(38(36,37)20(29,30)31)15(12)33(35)16(34)10-4-3-9-2-1-5-32-13(9)6-10/h1-8H/q-1. The average molecular weight is 598 g/mol. The van der Waals surface area contributed by atoms with Crippen molar-refractivity contribution in [2.45, 2.75) is 28.4 Å². The lowest BCUT2D eigenvalue weighted by Crippen LogP contribution is -2.50. The molecule has 206 valence electrons. The summed E-state index contributed by atoms with van der Waals surface area (Å²) in [5.41, 5.74) is -18.1. The van der Waals surface area contributed by atoms with Gasteiger partial charge in [0.05, 0.1) is 16.2 Å². The lowest BCUT2D eigenvalue weighted by molar-refractivity contribution is -0.348. The predicted octanol–water partition coefficient (Wildman–Crippen LogP) is 6.62. The summed E-state index contributed by atoms with van der Waals surface area (Å²) < 4.78 is 158. The number of pyridine rings is 1. The summed E-state index contributed by atoms with van der Waals surface area (Å²) in [4.78, 5) is 13.9. The van der Waals surface area contributed by atoms with Crippen molar-refractivity contribution in [3.8, 4) is 0 Å². The van der Waals surface area contributed by atoms with Gasteiger partial charge in [0.25, 0.3) is 9.84 Å². The van der Waals surface area contributed by atoms with Gasteiger partial charge in [0.2, 0.25) is 5.91 Å². The molecule has 1 amide bonds. The van der Waals surface area contributed by atoms with Crippen molar-refractivity contribution in [1.29, 1.82) is 0 Å². The third-order valence-corrected chi connectivity index (χ3v) is 6.83. The Morgan fingerprint density at radius 2 is 1.47 bits per heavy atom. The van der Waals surface area contributed by atoms with Crippen LogP contribution < -0.4 is 5.06 Å². The molecule has 3 rings (SSSR count). The van der Waals surface area contributed by atoms with E-state index in [1.807, 2.05) is 0 Å². The highest BCUT2D eigenvalue weighted by Crippen LogP contribution is 2.55. The van der Waals surface area contributed by atoms with E-state index in [1.165, 1.54) is 24.4 Å². The molecule has 0 aliphatic carbocycles. The molecule has 0 bridgehead atoms. The van der Waals surface area contributed by atoms with Crippen LogP contribution in [0.2, 0.25) is 5.02 Å². The van der Waals surface area contributed by atoms with E-state index in [-0.39, 0.29) is 5.52 Å². The Bertz CT molecular complexity index is 1510. The Morgan fingerprint density at radius 1 is 0.895 bits per heavy atom. The van der Waals surface area contributed by atoms with Crippen molar-refractivity contribution < 1.29 is 57.1 Å². The number of sulfone groups is 1. The van der Waals surface area contributed by atoms with Gasteiger partial charge in [0, 0.05) is 22.7 Å². The second-order valence-corrected chi connectivity index (χ2v) is 9.74. The fraction of sp³-hybridized carbons (Fsp3) is 0.200. The Morgan fingerprint density at radius 3 is 2.00 bits per heavy atom. The highest BCUT2D eigenvalue weighted by molar-refractivity contribution is 7.92. The maximum atomic E-state index is 14.5. The summed E-state index contributed by atoms with van der Waals surface area (Å²) in [5.74, 6) is -1.83. The Balaban J connectivity index is 2.33. The van der Waals surface area contributed by atoms with E-state index in [0.717, 1.165) is 12.1 Å². The van der Waals surface area contributed by atoms with Crippen molar-refractivity contribution in [3.63, 3.8) is 0 Å². The fourth-order valence-corrected chi connectivity index (χ4v) is 4.54. The summed E-state index contributed by atoms with van der Waals surface area (Å²) in [7, 11) is -6.99. The van der Waals surface area contributed by atoms with Gasteiger partial charge in [-0.25, -0.2) is 12.8 Å². The Hall–Kier alpha value is -3.18. The molecule has 6 nitrogen and oxygen atoms in total. The minimum Gasteiger partial charge on any atom is -0.751 e. The van der Waals surface area contributed by atoms with Gasteiger partial charge in [-0.1, -0.05) is 23.7 Å². The van der Waals surface area contributed by atoms with Crippen molar-refractivity contribution in [3.05, 3.63) is 70.0 Å². The molecule has 38 heavy (non-hydrogen) atoms. The normalized spacial score (nSPS) is 13.6. The molecule has 18 heteroatoms. The Labute approximate surface area is 209 Å². The van der Waals surface area contributed by atoms with E-state index >= 15 is 0 Å². The molecular weight excluding hydrogens is 590 g/mol. The molecule has 0 unspecified atom stereocenters. The third kappa shape index (κ3) is 4.73. The number of alkyl halides is 10. The number of hydrogen-bond acceptors (Lipinski definition) is 5. The van der Waals surface area contributed by atoms with Gasteiger partial charge in [-0.15, -0.1) is 0 Å². The van der Waals surface area contributed by atoms with Crippen LogP contribution in [0.4, 0.5) is 49.6 Å². The number of carbonyl (C=O) groups excluding carboxylic acids is 1. The number of anilines is 1. The van der Waals surface area contributed by atoms with Crippen LogP contribution >= 0.6 is 11.6 Å². The first-order chi connectivity index (χ1) is 17.1. The summed E-state index contributed by atoms with van der Waals surface area (Å²) in [6, 6.07) is 4.52. The molecule has 0 N–H and O–H groups in total. The van der Waals surface area contributed by atoms with Crippen LogP contribution in [0.1, 0.15) is 15.9 Å². The monoisotopic (exact) mass is 597 g/mol. The van der Waals surface area contributed by atoms with Crippen LogP contribution in [0.25, 0.3) is 10.9 Å².